The van der Waals surface area contributed by atoms with E-state index in [0.29, 0.717) is 11.1 Å². The molecule has 25 heavy (non-hydrogen) atoms. The summed E-state index contributed by atoms with van der Waals surface area (Å²) in [6.07, 6.45) is 1.69. The van der Waals surface area contributed by atoms with Crippen LogP contribution < -0.4 is 9.47 Å². The predicted octanol–water partition coefficient (Wildman–Crippen LogP) is 5.03. The minimum Gasteiger partial charge on any atom is -0.493 e. The van der Waals surface area contributed by atoms with Gasteiger partial charge in [-0.15, -0.1) is 0 Å². The summed E-state index contributed by atoms with van der Waals surface area (Å²) < 4.78 is 8.04. The van der Waals surface area contributed by atoms with Gasteiger partial charge in [-0.2, -0.15) is 5.26 Å². The molecule has 0 bridgehead atoms. The van der Waals surface area contributed by atoms with E-state index >= 15 is 0 Å². The van der Waals surface area contributed by atoms with Gasteiger partial charge in [0.2, 0.25) is 0 Å². The third kappa shape index (κ3) is 5.14. The number of ether oxygens (including phenoxy) is 2. The van der Waals surface area contributed by atoms with Gasteiger partial charge >= 0.3 is 5.97 Å². The van der Waals surface area contributed by atoms with Crippen LogP contribution in [-0.4, -0.2) is 16.9 Å². The molecule has 0 heterocycles. The van der Waals surface area contributed by atoms with Crippen molar-refractivity contribution in [1.82, 2.24) is 0 Å². The molecule has 0 aliphatic heterocycles. The lowest BCUT2D eigenvalue weighted by Gasteiger charge is -2.13. The highest BCUT2D eigenvalue weighted by atomic mass is 35.6. The van der Waals surface area contributed by atoms with Gasteiger partial charge in [-0.05, 0) is 29.3 Å². The van der Waals surface area contributed by atoms with Crippen LogP contribution in [0.5, 0.6) is 11.5 Å². The molecule has 0 aromatic heterocycles. The lowest BCUT2D eigenvalue weighted by atomic mass is 10.0. The SMILES string of the molecule is COc1cc(/C=C(/C#N)c2ccccc2)ccc1OC(=O)C(Cl)(Cl)Cl. The Morgan fingerprint density at radius 3 is 2.36 bits per heavy atom. The summed E-state index contributed by atoms with van der Waals surface area (Å²) in [7, 11) is 1.41. The maximum atomic E-state index is 11.7. The number of carbonyl (C=O) groups is 1. The highest BCUT2D eigenvalue weighted by Gasteiger charge is 2.33. The Balaban J connectivity index is 2.34. The zero-order valence-corrected chi connectivity index (χ0v) is 15.3. The Labute approximate surface area is 160 Å². The van der Waals surface area contributed by atoms with Crippen LogP contribution in [-0.2, 0) is 4.79 Å². The predicted molar refractivity (Wildman–Crippen MR) is 98.8 cm³/mol. The second-order valence-electron chi connectivity index (χ2n) is 4.83. The number of nitrogens with zero attached hydrogens (tertiary/aromatic N) is 1. The van der Waals surface area contributed by atoms with Crippen molar-refractivity contribution in [3.63, 3.8) is 0 Å². The first-order chi connectivity index (χ1) is 11.8. The molecule has 0 amide bonds. The van der Waals surface area contributed by atoms with Gasteiger partial charge in [-0.25, -0.2) is 4.79 Å². The number of carbonyl (C=O) groups excluding carboxylic acids is 1. The van der Waals surface area contributed by atoms with Crippen LogP contribution in [0.1, 0.15) is 11.1 Å². The molecule has 0 radical (unpaired) electrons. The highest BCUT2D eigenvalue weighted by molar-refractivity contribution is 6.75. The van der Waals surface area contributed by atoms with E-state index in [2.05, 4.69) is 6.07 Å². The normalized spacial score (nSPS) is 11.6. The molecule has 2 aromatic rings. The molecular weight excluding hydrogens is 385 g/mol. The second kappa shape index (κ2) is 8.26. The van der Waals surface area contributed by atoms with Crippen LogP contribution in [0.2, 0.25) is 0 Å². The number of halogens is 3. The van der Waals surface area contributed by atoms with Crippen LogP contribution >= 0.6 is 34.8 Å². The third-order valence-electron chi connectivity index (χ3n) is 3.14. The van der Waals surface area contributed by atoms with Crippen LogP contribution in [0.3, 0.4) is 0 Å². The topological polar surface area (TPSA) is 59.3 Å². The Hall–Kier alpha value is -2.19. The van der Waals surface area contributed by atoms with Crippen molar-refractivity contribution in [3.8, 4) is 17.6 Å². The molecule has 2 aromatic carbocycles. The molecule has 0 unspecified atom stereocenters. The molecule has 2 rings (SSSR count). The lowest BCUT2D eigenvalue weighted by Crippen LogP contribution is -2.24. The quantitative estimate of drug-likeness (QED) is 0.239. The Kier molecular flexibility index (Phi) is 6.33. The highest BCUT2D eigenvalue weighted by Crippen LogP contribution is 2.34. The van der Waals surface area contributed by atoms with Crippen molar-refractivity contribution < 1.29 is 14.3 Å². The summed E-state index contributed by atoms with van der Waals surface area (Å²) in [6.45, 7) is 0. The third-order valence-corrected chi connectivity index (χ3v) is 3.60. The van der Waals surface area contributed by atoms with Crippen molar-refractivity contribution in [2.75, 3.05) is 7.11 Å². The van der Waals surface area contributed by atoms with Gasteiger partial charge in [0.1, 0.15) is 0 Å². The van der Waals surface area contributed by atoms with Crippen molar-refractivity contribution in [1.29, 1.82) is 5.26 Å². The number of benzene rings is 2. The fourth-order valence-electron chi connectivity index (χ4n) is 1.98. The van der Waals surface area contributed by atoms with Crippen LogP contribution in [0.4, 0.5) is 0 Å². The molecule has 4 nitrogen and oxygen atoms in total. The van der Waals surface area contributed by atoms with Gasteiger partial charge in [0.25, 0.3) is 3.79 Å². The maximum Gasteiger partial charge on any atom is 0.364 e. The van der Waals surface area contributed by atoms with Crippen molar-refractivity contribution in [2.45, 2.75) is 3.79 Å². The van der Waals surface area contributed by atoms with Crippen LogP contribution in [0.25, 0.3) is 11.6 Å². The molecule has 7 heteroatoms. The molecule has 0 fully saturated rings. The summed E-state index contributed by atoms with van der Waals surface area (Å²) in [5, 5.41) is 9.37. The van der Waals surface area contributed by atoms with E-state index < -0.39 is 9.76 Å². The summed E-state index contributed by atoms with van der Waals surface area (Å²) in [6, 6.07) is 16.2. The number of hydrogen-bond donors (Lipinski definition) is 0. The van der Waals surface area contributed by atoms with Gasteiger partial charge < -0.3 is 9.47 Å². The van der Waals surface area contributed by atoms with Gasteiger partial charge in [-0.1, -0.05) is 71.2 Å². The summed E-state index contributed by atoms with van der Waals surface area (Å²) >= 11 is 16.5. The smallest absolute Gasteiger partial charge is 0.364 e. The summed E-state index contributed by atoms with van der Waals surface area (Å²) in [5.41, 5.74) is 1.95. The average Bonchev–Trinajstić information content (AvgIpc) is 2.60. The van der Waals surface area contributed by atoms with Crippen molar-refractivity contribution in [3.05, 3.63) is 59.7 Å². The fraction of sp³-hybridized carbons (Fsp3) is 0.111. The maximum absolute atomic E-state index is 11.7. The van der Waals surface area contributed by atoms with Gasteiger partial charge in [0.15, 0.2) is 11.5 Å². The second-order valence-corrected chi connectivity index (χ2v) is 7.11. The first kappa shape index (κ1) is 19.1. The molecule has 0 saturated carbocycles. The molecule has 0 N–H and O–H groups in total. The number of esters is 1. The number of rotatable bonds is 4. The lowest BCUT2D eigenvalue weighted by molar-refractivity contribution is -0.133. The first-order valence-electron chi connectivity index (χ1n) is 6.99. The zero-order chi connectivity index (χ0) is 18.4. The van der Waals surface area contributed by atoms with E-state index in [4.69, 9.17) is 44.3 Å². The molecule has 0 aliphatic rings. The molecule has 0 spiro atoms. The van der Waals surface area contributed by atoms with E-state index in [1.165, 1.54) is 13.2 Å². The van der Waals surface area contributed by atoms with E-state index in [-0.39, 0.29) is 11.5 Å². The number of allylic oxidation sites excluding steroid dienone is 1. The number of methoxy groups -OCH3 is 1. The van der Waals surface area contributed by atoms with Crippen molar-refractivity contribution >= 4 is 52.4 Å². The van der Waals surface area contributed by atoms with E-state index in [1.807, 2.05) is 30.3 Å². The minimum absolute atomic E-state index is 0.106. The van der Waals surface area contributed by atoms with Gasteiger partial charge in [0.05, 0.1) is 18.8 Å². The summed E-state index contributed by atoms with van der Waals surface area (Å²) in [4.78, 5) is 11.7. The summed E-state index contributed by atoms with van der Waals surface area (Å²) in [5.74, 6) is -0.669. The van der Waals surface area contributed by atoms with E-state index in [1.54, 1.807) is 18.2 Å². The first-order valence-corrected chi connectivity index (χ1v) is 8.13. The molecular formula is C18H12Cl3NO3. The number of alkyl halides is 3. The standard InChI is InChI=1S/C18H12Cl3NO3/c1-24-16-10-12(7-8-15(16)25-17(23)18(19,20)21)9-14(11-22)13-5-3-2-4-6-13/h2-10H,1H3/b14-9-. The minimum atomic E-state index is -2.19. The van der Waals surface area contributed by atoms with E-state index in [9.17, 15) is 10.1 Å². The van der Waals surface area contributed by atoms with Crippen molar-refractivity contribution in [2.24, 2.45) is 0 Å². The number of hydrogen-bond acceptors (Lipinski definition) is 4. The number of nitriles is 1. The van der Waals surface area contributed by atoms with Gasteiger partial charge in [0, 0.05) is 0 Å². The molecule has 0 saturated heterocycles. The van der Waals surface area contributed by atoms with E-state index in [0.717, 1.165) is 5.56 Å². The molecule has 0 aliphatic carbocycles. The van der Waals surface area contributed by atoms with Gasteiger partial charge in [-0.3, -0.25) is 0 Å². The Bertz CT molecular complexity index is 837. The molecule has 0 atom stereocenters. The molecule has 128 valence electrons. The Morgan fingerprint density at radius 2 is 1.80 bits per heavy atom. The largest absolute Gasteiger partial charge is 0.493 e. The Morgan fingerprint density at radius 1 is 1.12 bits per heavy atom. The van der Waals surface area contributed by atoms with Crippen LogP contribution in [0, 0.1) is 11.3 Å². The average molecular weight is 397 g/mol. The fourth-order valence-corrected chi connectivity index (χ4v) is 2.10. The van der Waals surface area contributed by atoms with Crippen LogP contribution in [0.15, 0.2) is 48.5 Å². The monoisotopic (exact) mass is 395 g/mol. The zero-order valence-electron chi connectivity index (χ0n) is 13.0.